The Balaban J connectivity index is 1.54. The van der Waals surface area contributed by atoms with Crippen LogP contribution in [-0.4, -0.2) is 21.8 Å². The minimum absolute atomic E-state index is 0.176. The molecule has 2 atom stereocenters. The summed E-state index contributed by atoms with van der Waals surface area (Å²) in [6, 6.07) is 14.3. The van der Waals surface area contributed by atoms with Crippen molar-refractivity contribution < 1.29 is 13.7 Å². The summed E-state index contributed by atoms with van der Waals surface area (Å²) < 4.78 is 21.5. The molecule has 2 aromatic carbocycles. The van der Waals surface area contributed by atoms with Crippen molar-refractivity contribution in [3.05, 3.63) is 64.2 Å². The maximum Gasteiger partial charge on any atom is 0.292 e. The van der Waals surface area contributed by atoms with Gasteiger partial charge in [-0.2, -0.15) is 4.68 Å². The van der Waals surface area contributed by atoms with E-state index in [2.05, 4.69) is 25.1 Å². The standard InChI is InChI=1S/C19H17FN4OS2/c1-12(18-21-15-5-3-4-6-16(15)27-18)23(2)11-24-19(26)25-17(22-24)13-7-9-14(20)10-8-13/h3-10,12H,11H2,1-2H3/p+1/t12-/m0/s1. The molecular formula is C19H18FN4OS2+. The average Bonchev–Trinajstić information content (AvgIpc) is 3.25. The lowest BCUT2D eigenvalue weighted by molar-refractivity contribution is -0.933. The second-order valence-corrected chi connectivity index (χ2v) is 7.84. The number of hydrogen-bond donors (Lipinski definition) is 1. The highest BCUT2D eigenvalue weighted by Crippen LogP contribution is 2.25. The summed E-state index contributed by atoms with van der Waals surface area (Å²) in [4.78, 5) is 6.22. The summed E-state index contributed by atoms with van der Waals surface area (Å²) in [6.07, 6.45) is 0. The van der Waals surface area contributed by atoms with Crippen LogP contribution in [0.1, 0.15) is 18.0 Å². The molecule has 27 heavy (non-hydrogen) atoms. The maximum absolute atomic E-state index is 13.1. The molecule has 0 aliphatic carbocycles. The number of nitrogens with zero attached hydrogens (tertiary/aromatic N) is 3. The molecule has 0 saturated heterocycles. The lowest BCUT2D eigenvalue weighted by atomic mass is 10.2. The van der Waals surface area contributed by atoms with E-state index in [1.807, 2.05) is 18.2 Å². The SMILES string of the molecule is C[C@@H](c1nc2ccccc2s1)[NH+](C)Cn1nc(-c2ccc(F)cc2)oc1=S. The number of quaternary nitrogens is 1. The molecule has 1 unspecified atom stereocenters. The van der Waals surface area contributed by atoms with Crippen molar-refractivity contribution in [2.75, 3.05) is 7.05 Å². The van der Waals surface area contributed by atoms with E-state index in [0.29, 0.717) is 23.0 Å². The van der Waals surface area contributed by atoms with Crippen LogP contribution < -0.4 is 4.90 Å². The molecule has 8 heteroatoms. The Hall–Kier alpha value is -2.42. The van der Waals surface area contributed by atoms with Crippen LogP contribution in [-0.2, 0) is 6.67 Å². The second kappa shape index (κ2) is 7.30. The van der Waals surface area contributed by atoms with Gasteiger partial charge in [0.15, 0.2) is 11.7 Å². The van der Waals surface area contributed by atoms with Gasteiger partial charge in [0.05, 0.1) is 17.3 Å². The van der Waals surface area contributed by atoms with Crippen molar-refractivity contribution in [3.8, 4) is 11.5 Å². The summed E-state index contributed by atoms with van der Waals surface area (Å²) in [5.41, 5.74) is 1.71. The first-order valence-corrected chi connectivity index (χ1v) is 9.75. The van der Waals surface area contributed by atoms with Crippen molar-refractivity contribution in [3.63, 3.8) is 0 Å². The molecule has 0 aliphatic heterocycles. The fraction of sp³-hybridized carbons (Fsp3) is 0.211. The topological polar surface area (TPSA) is 48.3 Å². The number of para-hydroxylation sites is 1. The zero-order valence-electron chi connectivity index (χ0n) is 14.8. The number of aromatic nitrogens is 3. The molecule has 2 aromatic heterocycles. The third kappa shape index (κ3) is 3.69. The largest absolute Gasteiger partial charge is 0.409 e. The maximum atomic E-state index is 13.1. The number of rotatable bonds is 5. The average molecular weight is 402 g/mol. The van der Waals surface area contributed by atoms with E-state index in [1.54, 1.807) is 28.2 Å². The fourth-order valence-electron chi connectivity index (χ4n) is 2.77. The Bertz CT molecular complexity index is 1100. The molecule has 4 aromatic rings. The van der Waals surface area contributed by atoms with Crippen LogP contribution in [0.2, 0.25) is 0 Å². The lowest BCUT2D eigenvalue weighted by Gasteiger charge is -2.19. The highest BCUT2D eigenvalue weighted by molar-refractivity contribution is 7.71. The van der Waals surface area contributed by atoms with Gasteiger partial charge in [-0.15, -0.1) is 16.4 Å². The van der Waals surface area contributed by atoms with Gasteiger partial charge in [-0.1, -0.05) is 12.1 Å². The smallest absolute Gasteiger partial charge is 0.292 e. The Kier molecular flexibility index (Phi) is 4.86. The van der Waals surface area contributed by atoms with Crippen LogP contribution >= 0.6 is 23.6 Å². The van der Waals surface area contributed by atoms with E-state index < -0.39 is 0 Å². The monoisotopic (exact) mass is 401 g/mol. The zero-order valence-corrected chi connectivity index (χ0v) is 16.5. The molecule has 4 rings (SSSR count). The van der Waals surface area contributed by atoms with E-state index in [0.717, 1.165) is 10.5 Å². The van der Waals surface area contributed by atoms with E-state index in [4.69, 9.17) is 21.6 Å². The summed E-state index contributed by atoms with van der Waals surface area (Å²) in [7, 11) is 2.07. The first kappa shape index (κ1) is 18.0. The minimum atomic E-state index is -0.300. The van der Waals surface area contributed by atoms with E-state index in [9.17, 15) is 4.39 Å². The summed E-state index contributed by atoms with van der Waals surface area (Å²) >= 11 is 7.01. The first-order valence-electron chi connectivity index (χ1n) is 8.53. The summed E-state index contributed by atoms with van der Waals surface area (Å²) in [5.74, 6) is 0.0889. The van der Waals surface area contributed by atoms with Gasteiger partial charge in [0.25, 0.3) is 4.84 Å². The van der Waals surface area contributed by atoms with Crippen LogP contribution in [0.25, 0.3) is 21.7 Å². The molecule has 1 N–H and O–H groups in total. The number of hydrogen-bond acceptors (Lipinski definition) is 5. The quantitative estimate of drug-likeness (QED) is 0.516. The molecule has 0 saturated carbocycles. The molecule has 0 bridgehead atoms. The fourth-order valence-corrected chi connectivity index (χ4v) is 4.07. The van der Waals surface area contributed by atoms with Crippen LogP contribution in [0.5, 0.6) is 0 Å². The van der Waals surface area contributed by atoms with Gasteiger partial charge in [-0.05, 0) is 55.5 Å². The number of nitrogens with one attached hydrogen (secondary N) is 1. The molecular weight excluding hydrogens is 383 g/mol. The van der Waals surface area contributed by atoms with Gasteiger partial charge in [-0.25, -0.2) is 9.37 Å². The number of benzene rings is 2. The normalized spacial score (nSPS) is 13.7. The Morgan fingerprint density at radius 3 is 2.70 bits per heavy atom. The first-order chi connectivity index (χ1) is 13.0. The van der Waals surface area contributed by atoms with Crippen molar-refractivity contribution in [2.45, 2.75) is 19.6 Å². The van der Waals surface area contributed by atoms with Crippen molar-refractivity contribution >= 4 is 33.8 Å². The van der Waals surface area contributed by atoms with Crippen LogP contribution in [0.3, 0.4) is 0 Å². The van der Waals surface area contributed by atoms with Gasteiger partial charge in [-0.3, -0.25) is 0 Å². The molecule has 0 amide bonds. The van der Waals surface area contributed by atoms with Crippen LogP contribution in [0.4, 0.5) is 4.39 Å². The molecule has 138 valence electrons. The van der Waals surface area contributed by atoms with Gasteiger partial charge in [0.2, 0.25) is 5.89 Å². The van der Waals surface area contributed by atoms with E-state index in [1.165, 1.54) is 21.7 Å². The Morgan fingerprint density at radius 1 is 1.22 bits per heavy atom. The van der Waals surface area contributed by atoms with Crippen LogP contribution in [0, 0.1) is 10.7 Å². The highest BCUT2D eigenvalue weighted by Gasteiger charge is 2.21. The summed E-state index contributed by atoms with van der Waals surface area (Å²) in [5, 5.41) is 5.53. The molecule has 5 nitrogen and oxygen atoms in total. The molecule has 0 radical (unpaired) electrons. The number of thiazole rings is 1. The van der Waals surface area contributed by atoms with Gasteiger partial charge in [0, 0.05) is 5.56 Å². The lowest BCUT2D eigenvalue weighted by Crippen LogP contribution is -3.08. The number of fused-ring (bicyclic) bond motifs is 1. The van der Waals surface area contributed by atoms with Crippen molar-refractivity contribution in [2.24, 2.45) is 0 Å². The second-order valence-electron chi connectivity index (χ2n) is 6.43. The molecule has 2 heterocycles. The third-order valence-corrected chi connectivity index (χ3v) is 6.03. The number of halogens is 1. The predicted octanol–water partition coefficient (Wildman–Crippen LogP) is 3.85. The summed E-state index contributed by atoms with van der Waals surface area (Å²) in [6.45, 7) is 2.68. The molecule has 0 fully saturated rings. The molecule has 0 spiro atoms. The highest BCUT2D eigenvalue weighted by atomic mass is 32.1. The minimum Gasteiger partial charge on any atom is -0.409 e. The van der Waals surface area contributed by atoms with Crippen LogP contribution in [0.15, 0.2) is 52.9 Å². The zero-order chi connectivity index (χ0) is 19.0. The Labute approximate surface area is 164 Å². The van der Waals surface area contributed by atoms with Crippen molar-refractivity contribution in [1.82, 2.24) is 14.8 Å². The Morgan fingerprint density at radius 2 is 1.96 bits per heavy atom. The molecule has 0 aliphatic rings. The third-order valence-electron chi connectivity index (χ3n) is 4.52. The van der Waals surface area contributed by atoms with E-state index >= 15 is 0 Å². The predicted molar refractivity (Wildman–Crippen MR) is 106 cm³/mol. The van der Waals surface area contributed by atoms with Gasteiger partial charge >= 0.3 is 0 Å². The van der Waals surface area contributed by atoms with E-state index in [-0.39, 0.29) is 11.9 Å². The van der Waals surface area contributed by atoms with Gasteiger partial charge in [0.1, 0.15) is 11.9 Å². The van der Waals surface area contributed by atoms with Gasteiger partial charge < -0.3 is 9.32 Å². The van der Waals surface area contributed by atoms with Crippen molar-refractivity contribution in [1.29, 1.82) is 0 Å².